The summed E-state index contributed by atoms with van der Waals surface area (Å²) in [5.41, 5.74) is 0.713. The highest BCUT2D eigenvalue weighted by Gasteiger charge is 2.24. The van der Waals surface area contributed by atoms with Crippen molar-refractivity contribution in [3.05, 3.63) is 12.5 Å². The van der Waals surface area contributed by atoms with Crippen LogP contribution in [0.4, 0.5) is 11.5 Å². The molecule has 0 spiro atoms. The summed E-state index contributed by atoms with van der Waals surface area (Å²) >= 11 is 0. The van der Waals surface area contributed by atoms with Crippen LogP contribution >= 0.6 is 0 Å². The molecule has 0 bridgehead atoms. The highest BCUT2D eigenvalue weighted by Crippen LogP contribution is 2.26. The second-order valence-corrected chi connectivity index (χ2v) is 5.36. The molecule has 6 heteroatoms. The van der Waals surface area contributed by atoms with Crippen molar-refractivity contribution >= 4 is 17.4 Å². The Kier molecular flexibility index (Phi) is 4.11. The standard InChI is InChI=1S/C14H20N4O2/c19-14(11-4-3-7-20-9-11)17-12-8-15-10-16-13(12)18-5-1-2-6-18/h8,10-11H,1-7,9H2,(H,17,19)/t11-/m1/s1. The largest absolute Gasteiger partial charge is 0.381 e. The van der Waals surface area contributed by atoms with Gasteiger partial charge in [-0.05, 0) is 25.7 Å². The molecule has 6 nitrogen and oxygen atoms in total. The summed E-state index contributed by atoms with van der Waals surface area (Å²) in [6, 6.07) is 0. The Morgan fingerprint density at radius 3 is 2.95 bits per heavy atom. The molecule has 1 aromatic rings. The van der Waals surface area contributed by atoms with Crippen LogP contribution in [0.3, 0.4) is 0 Å². The van der Waals surface area contributed by atoms with Crippen molar-refractivity contribution in [1.82, 2.24) is 9.97 Å². The predicted octanol–water partition coefficient (Wildman–Crippen LogP) is 1.44. The van der Waals surface area contributed by atoms with Crippen molar-refractivity contribution < 1.29 is 9.53 Å². The van der Waals surface area contributed by atoms with Crippen molar-refractivity contribution in [3.63, 3.8) is 0 Å². The Bertz CT molecular complexity index is 468. The molecule has 0 unspecified atom stereocenters. The number of ether oxygens (including phenoxy) is 1. The number of hydrogen-bond donors (Lipinski definition) is 1. The second kappa shape index (κ2) is 6.17. The Hall–Kier alpha value is -1.69. The highest BCUT2D eigenvalue weighted by atomic mass is 16.5. The zero-order valence-corrected chi connectivity index (χ0v) is 11.5. The van der Waals surface area contributed by atoms with Crippen LogP contribution in [0.15, 0.2) is 12.5 Å². The zero-order chi connectivity index (χ0) is 13.8. The molecule has 2 saturated heterocycles. The molecular weight excluding hydrogens is 256 g/mol. The van der Waals surface area contributed by atoms with Crippen LogP contribution in [0.5, 0.6) is 0 Å². The number of carbonyl (C=O) groups is 1. The summed E-state index contributed by atoms with van der Waals surface area (Å²) < 4.78 is 5.37. The smallest absolute Gasteiger partial charge is 0.229 e. The molecule has 2 aliphatic rings. The molecule has 0 aromatic carbocycles. The molecule has 3 rings (SSSR count). The molecule has 20 heavy (non-hydrogen) atoms. The monoisotopic (exact) mass is 276 g/mol. The molecular formula is C14H20N4O2. The second-order valence-electron chi connectivity index (χ2n) is 5.36. The van der Waals surface area contributed by atoms with E-state index in [-0.39, 0.29) is 11.8 Å². The van der Waals surface area contributed by atoms with Gasteiger partial charge in [0.2, 0.25) is 5.91 Å². The lowest BCUT2D eigenvalue weighted by Crippen LogP contribution is -2.31. The van der Waals surface area contributed by atoms with Crippen molar-refractivity contribution in [1.29, 1.82) is 0 Å². The maximum atomic E-state index is 12.3. The van der Waals surface area contributed by atoms with E-state index in [2.05, 4.69) is 20.2 Å². The molecule has 0 saturated carbocycles. The average Bonchev–Trinajstić information content (AvgIpc) is 3.03. The van der Waals surface area contributed by atoms with E-state index in [1.54, 1.807) is 6.20 Å². The predicted molar refractivity (Wildman–Crippen MR) is 75.7 cm³/mol. The van der Waals surface area contributed by atoms with Gasteiger partial charge in [-0.1, -0.05) is 0 Å². The highest BCUT2D eigenvalue weighted by molar-refractivity contribution is 5.95. The van der Waals surface area contributed by atoms with Gasteiger partial charge < -0.3 is 15.0 Å². The van der Waals surface area contributed by atoms with E-state index in [0.717, 1.165) is 38.4 Å². The Balaban J connectivity index is 1.71. The van der Waals surface area contributed by atoms with Crippen LogP contribution in [0.2, 0.25) is 0 Å². The summed E-state index contributed by atoms with van der Waals surface area (Å²) in [6.07, 6.45) is 7.40. The van der Waals surface area contributed by atoms with Gasteiger partial charge in [0.05, 0.1) is 18.7 Å². The minimum atomic E-state index is -0.0598. The number of nitrogens with zero attached hydrogens (tertiary/aromatic N) is 3. The van der Waals surface area contributed by atoms with Crippen molar-refractivity contribution in [2.75, 3.05) is 36.5 Å². The summed E-state index contributed by atoms with van der Waals surface area (Å²) in [5, 5.41) is 2.97. The van der Waals surface area contributed by atoms with Gasteiger partial charge in [-0.15, -0.1) is 0 Å². The summed E-state index contributed by atoms with van der Waals surface area (Å²) in [6.45, 7) is 3.26. The molecule has 3 heterocycles. The third-order valence-corrected chi connectivity index (χ3v) is 3.89. The summed E-state index contributed by atoms with van der Waals surface area (Å²) in [5.74, 6) is 0.790. The lowest BCUT2D eigenvalue weighted by atomic mass is 10.0. The Labute approximate surface area is 118 Å². The Morgan fingerprint density at radius 1 is 1.35 bits per heavy atom. The Morgan fingerprint density at radius 2 is 2.20 bits per heavy atom. The van der Waals surface area contributed by atoms with Gasteiger partial charge in [-0.25, -0.2) is 9.97 Å². The van der Waals surface area contributed by atoms with Crippen LogP contribution in [0, 0.1) is 5.92 Å². The van der Waals surface area contributed by atoms with Crippen LogP contribution < -0.4 is 10.2 Å². The average molecular weight is 276 g/mol. The van der Waals surface area contributed by atoms with Gasteiger partial charge in [0.25, 0.3) is 0 Å². The fourth-order valence-electron chi connectivity index (χ4n) is 2.77. The van der Waals surface area contributed by atoms with Gasteiger partial charge >= 0.3 is 0 Å². The molecule has 1 N–H and O–H groups in total. The first-order valence-corrected chi connectivity index (χ1v) is 7.28. The molecule has 2 aliphatic heterocycles. The number of rotatable bonds is 3. The fourth-order valence-corrected chi connectivity index (χ4v) is 2.77. The lowest BCUT2D eigenvalue weighted by Gasteiger charge is -2.23. The van der Waals surface area contributed by atoms with Crippen molar-refractivity contribution in [2.45, 2.75) is 25.7 Å². The minimum Gasteiger partial charge on any atom is -0.381 e. The number of amides is 1. The number of nitrogens with one attached hydrogen (secondary N) is 1. The van der Waals surface area contributed by atoms with Crippen LogP contribution in [0.1, 0.15) is 25.7 Å². The van der Waals surface area contributed by atoms with E-state index >= 15 is 0 Å². The SMILES string of the molecule is O=C(Nc1cncnc1N1CCCC1)[C@@H]1CCCOC1. The summed E-state index contributed by atoms with van der Waals surface area (Å²) in [7, 11) is 0. The van der Waals surface area contributed by atoms with Crippen LogP contribution in [-0.4, -0.2) is 42.2 Å². The maximum absolute atomic E-state index is 12.3. The maximum Gasteiger partial charge on any atom is 0.229 e. The van der Waals surface area contributed by atoms with E-state index in [1.165, 1.54) is 19.2 Å². The molecule has 1 amide bonds. The normalized spacial score (nSPS) is 22.8. The molecule has 2 fully saturated rings. The number of carbonyl (C=O) groups excluding carboxylic acids is 1. The zero-order valence-electron chi connectivity index (χ0n) is 11.5. The topological polar surface area (TPSA) is 67.4 Å². The van der Waals surface area contributed by atoms with E-state index in [4.69, 9.17) is 4.74 Å². The van der Waals surface area contributed by atoms with E-state index in [0.29, 0.717) is 12.3 Å². The first-order chi connectivity index (χ1) is 9.84. The summed E-state index contributed by atoms with van der Waals surface area (Å²) in [4.78, 5) is 22.8. The first-order valence-electron chi connectivity index (χ1n) is 7.28. The van der Waals surface area contributed by atoms with Crippen molar-refractivity contribution in [2.24, 2.45) is 5.92 Å². The first kappa shape index (κ1) is 13.3. The lowest BCUT2D eigenvalue weighted by molar-refractivity contribution is -0.123. The molecule has 108 valence electrons. The van der Waals surface area contributed by atoms with Gasteiger partial charge in [0, 0.05) is 19.7 Å². The van der Waals surface area contributed by atoms with Crippen LogP contribution in [-0.2, 0) is 9.53 Å². The van der Waals surface area contributed by atoms with E-state index < -0.39 is 0 Å². The van der Waals surface area contributed by atoms with Gasteiger partial charge in [-0.3, -0.25) is 4.79 Å². The van der Waals surface area contributed by atoms with E-state index in [9.17, 15) is 4.79 Å². The number of aromatic nitrogens is 2. The molecule has 1 atom stereocenters. The van der Waals surface area contributed by atoms with Gasteiger partial charge in [0.15, 0.2) is 5.82 Å². The third kappa shape index (κ3) is 2.90. The number of hydrogen-bond acceptors (Lipinski definition) is 5. The third-order valence-electron chi connectivity index (χ3n) is 3.89. The number of anilines is 2. The fraction of sp³-hybridized carbons (Fsp3) is 0.643. The van der Waals surface area contributed by atoms with Crippen molar-refractivity contribution in [3.8, 4) is 0 Å². The van der Waals surface area contributed by atoms with Crippen LogP contribution in [0.25, 0.3) is 0 Å². The van der Waals surface area contributed by atoms with Gasteiger partial charge in [-0.2, -0.15) is 0 Å². The molecule has 0 radical (unpaired) electrons. The van der Waals surface area contributed by atoms with E-state index in [1.807, 2.05) is 0 Å². The quantitative estimate of drug-likeness (QED) is 0.905. The van der Waals surface area contributed by atoms with Gasteiger partial charge in [0.1, 0.15) is 12.0 Å². The molecule has 0 aliphatic carbocycles. The molecule has 1 aromatic heterocycles. The minimum absolute atomic E-state index is 0.0138.